The second-order valence-corrected chi connectivity index (χ2v) is 11.9. The Morgan fingerprint density at radius 3 is 1.70 bits per heavy atom. The number of rotatable bonds is 7. The zero-order valence-electron chi connectivity index (χ0n) is 19.6. The topological polar surface area (TPSA) is 18.5 Å². The van der Waals surface area contributed by atoms with Gasteiger partial charge in [0.15, 0.2) is 0 Å². The number of hydrogen-bond donors (Lipinski definition) is 0. The maximum Gasteiger partial charge on any atom is 0.130 e. The molecule has 4 rings (SSSR count). The highest BCUT2D eigenvalue weighted by molar-refractivity contribution is 8.18. The average molecular weight is 483 g/mol. The van der Waals surface area contributed by atoms with E-state index in [1.807, 2.05) is 85.9 Å². The summed E-state index contributed by atoms with van der Waals surface area (Å²) in [6.45, 7) is 7.23. The van der Waals surface area contributed by atoms with E-state index < -0.39 is 5.67 Å². The molecule has 5 heteroatoms. The zero-order valence-corrected chi connectivity index (χ0v) is 21.3. The van der Waals surface area contributed by atoms with E-state index in [1.54, 1.807) is 13.8 Å². The second-order valence-electron chi connectivity index (χ2n) is 8.98. The molecule has 174 valence electrons. The van der Waals surface area contributed by atoms with Crippen LogP contribution >= 0.6 is 23.5 Å². The lowest BCUT2D eigenvalue weighted by Crippen LogP contribution is -2.24. The first kappa shape index (κ1) is 24.0. The van der Waals surface area contributed by atoms with E-state index in [2.05, 4.69) is 24.3 Å². The minimum absolute atomic E-state index is 0.145. The molecule has 0 aliphatic carbocycles. The summed E-state index contributed by atoms with van der Waals surface area (Å²) in [5.74, 6) is 4.62. The Hall–Kier alpha value is -2.11. The summed E-state index contributed by atoms with van der Waals surface area (Å²) in [6.07, 6.45) is 1.34. The number of benzene rings is 3. The largest absolute Gasteiger partial charge is 0.491 e. The minimum atomic E-state index is -1.34. The Labute approximate surface area is 205 Å². The Kier molecular flexibility index (Phi) is 7.30. The first-order chi connectivity index (χ1) is 15.8. The Bertz CT molecular complexity index is 1030. The molecule has 0 N–H and O–H groups in total. The monoisotopic (exact) mass is 482 g/mol. The summed E-state index contributed by atoms with van der Waals surface area (Å²) in [4.78, 5) is 0. The van der Waals surface area contributed by atoms with Crippen molar-refractivity contribution in [3.05, 3.63) is 89.5 Å². The van der Waals surface area contributed by atoms with Crippen molar-refractivity contribution in [2.75, 3.05) is 11.5 Å². The molecule has 0 aromatic heterocycles. The lowest BCUT2D eigenvalue weighted by Gasteiger charge is -2.37. The van der Waals surface area contributed by atoms with Crippen molar-refractivity contribution in [1.29, 1.82) is 0 Å². The van der Waals surface area contributed by atoms with E-state index in [9.17, 15) is 4.39 Å². The van der Waals surface area contributed by atoms with E-state index >= 15 is 0 Å². The molecule has 0 atom stereocenters. The Balaban J connectivity index is 1.55. The van der Waals surface area contributed by atoms with Gasteiger partial charge in [-0.05, 0) is 98.7 Å². The van der Waals surface area contributed by atoms with Crippen molar-refractivity contribution in [2.45, 2.75) is 50.0 Å². The van der Waals surface area contributed by atoms with Gasteiger partial charge < -0.3 is 9.47 Å². The third-order valence-corrected chi connectivity index (χ3v) is 8.96. The van der Waals surface area contributed by atoms with Gasteiger partial charge in [0.1, 0.15) is 27.0 Å². The Morgan fingerprint density at radius 1 is 0.758 bits per heavy atom. The van der Waals surface area contributed by atoms with Crippen LogP contribution in [0.15, 0.2) is 72.8 Å². The molecular formula is C28H31FO2S2. The van der Waals surface area contributed by atoms with E-state index in [-0.39, 0.29) is 10.2 Å². The molecule has 0 spiro atoms. The first-order valence-electron chi connectivity index (χ1n) is 11.4. The van der Waals surface area contributed by atoms with Crippen LogP contribution in [0.2, 0.25) is 0 Å². The van der Waals surface area contributed by atoms with Gasteiger partial charge in [-0.3, -0.25) is 0 Å². The number of halogens is 1. The number of hydrogen-bond acceptors (Lipinski definition) is 4. The summed E-state index contributed by atoms with van der Waals surface area (Å²) < 4.78 is 26.0. The number of thioether (sulfide) groups is 2. The van der Waals surface area contributed by atoms with Crippen LogP contribution < -0.4 is 9.47 Å². The summed E-state index contributed by atoms with van der Waals surface area (Å²) in [5, 5.41) is 0. The van der Waals surface area contributed by atoms with Gasteiger partial charge in [0.2, 0.25) is 0 Å². The van der Waals surface area contributed by atoms with Gasteiger partial charge in [0.05, 0.1) is 6.10 Å². The highest BCUT2D eigenvalue weighted by Gasteiger charge is 2.38. The molecular weight excluding hydrogens is 451 g/mol. The molecule has 1 saturated heterocycles. The summed E-state index contributed by atoms with van der Waals surface area (Å²) in [6, 6.07) is 24.1. The number of alkyl halides is 1. The van der Waals surface area contributed by atoms with Crippen molar-refractivity contribution < 1.29 is 13.9 Å². The molecule has 0 unspecified atom stereocenters. The van der Waals surface area contributed by atoms with Crippen LogP contribution in [0.4, 0.5) is 4.39 Å². The van der Waals surface area contributed by atoms with Gasteiger partial charge in [-0.15, -0.1) is 23.5 Å². The van der Waals surface area contributed by atoms with Gasteiger partial charge in [0, 0.05) is 0 Å². The molecule has 1 aliphatic heterocycles. The van der Waals surface area contributed by atoms with Gasteiger partial charge >= 0.3 is 0 Å². The number of ether oxygens (including phenoxy) is 2. The maximum atomic E-state index is 14.4. The molecule has 1 aliphatic rings. The third kappa shape index (κ3) is 5.70. The maximum absolute atomic E-state index is 14.4. The van der Waals surface area contributed by atoms with Crippen LogP contribution in [0, 0.1) is 0 Å². The smallest absolute Gasteiger partial charge is 0.130 e. The molecule has 0 saturated carbocycles. The summed E-state index contributed by atoms with van der Waals surface area (Å²) in [5.41, 5.74) is 1.81. The molecule has 3 aromatic carbocycles. The quantitative estimate of drug-likeness (QED) is 0.336. The predicted octanol–water partition coefficient (Wildman–Crippen LogP) is 8.54. The van der Waals surface area contributed by atoms with Crippen molar-refractivity contribution in [3.63, 3.8) is 0 Å². The van der Waals surface area contributed by atoms with Crippen LogP contribution in [-0.4, -0.2) is 17.6 Å². The summed E-state index contributed by atoms with van der Waals surface area (Å²) >= 11 is 3.92. The molecule has 33 heavy (non-hydrogen) atoms. The van der Waals surface area contributed by atoms with Crippen LogP contribution in [-0.2, 0) is 9.75 Å². The predicted molar refractivity (Wildman–Crippen MR) is 140 cm³/mol. The molecule has 1 heterocycles. The van der Waals surface area contributed by atoms with Crippen LogP contribution in [0.1, 0.15) is 50.8 Å². The van der Waals surface area contributed by atoms with Crippen molar-refractivity contribution in [2.24, 2.45) is 0 Å². The van der Waals surface area contributed by atoms with Crippen LogP contribution in [0.5, 0.6) is 17.2 Å². The highest BCUT2D eigenvalue weighted by Crippen LogP contribution is 2.55. The van der Waals surface area contributed by atoms with E-state index in [4.69, 9.17) is 9.47 Å². The lowest BCUT2D eigenvalue weighted by molar-refractivity contribution is 0.221. The molecule has 0 amide bonds. The normalized spacial score (nSPS) is 15.9. The molecule has 0 bridgehead atoms. The highest BCUT2D eigenvalue weighted by atomic mass is 32.2. The third-order valence-electron chi connectivity index (χ3n) is 5.52. The van der Waals surface area contributed by atoms with Gasteiger partial charge in [0.25, 0.3) is 0 Å². The van der Waals surface area contributed by atoms with Gasteiger partial charge in [-0.25, -0.2) is 4.39 Å². The van der Waals surface area contributed by atoms with Gasteiger partial charge in [-0.1, -0.05) is 36.4 Å². The molecule has 0 radical (unpaired) electrons. The van der Waals surface area contributed by atoms with E-state index in [0.29, 0.717) is 5.56 Å². The minimum Gasteiger partial charge on any atom is -0.491 e. The second kappa shape index (κ2) is 10.0. The van der Waals surface area contributed by atoms with E-state index in [0.717, 1.165) is 28.8 Å². The average Bonchev–Trinajstić information content (AvgIpc) is 2.80. The molecule has 2 nitrogen and oxygen atoms in total. The molecule has 1 fully saturated rings. The fraction of sp³-hybridized carbons (Fsp3) is 0.357. The van der Waals surface area contributed by atoms with Crippen molar-refractivity contribution in [1.82, 2.24) is 0 Å². The first-order valence-corrected chi connectivity index (χ1v) is 13.4. The Morgan fingerprint density at radius 2 is 1.21 bits per heavy atom. The van der Waals surface area contributed by atoms with Crippen molar-refractivity contribution >= 4 is 23.5 Å². The lowest BCUT2D eigenvalue weighted by atomic mass is 9.96. The zero-order chi connectivity index (χ0) is 23.5. The van der Waals surface area contributed by atoms with E-state index in [1.165, 1.54) is 17.5 Å². The standard InChI is InChI=1S/C28H31FO2S2/c1-20(2)30-24-14-16-26(17-15-24)31-25-12-10-23(11-13-25)28(32-18-5-19-33-28)22-8-6-21(7-9-22)27(3,4)29/h6-17,20H,5,18-19H2,1-4H3. The molecule has 3 aromatic rings. The van der Waals surface area contributed by atoms with Gasteiger partial charge in [-0.2, -0.15) is 0 Å². The van der Waals surface area contributed by atoms with Crippen LogP contribution in [0.3, 0.4) is 0 Å². The SMILES string of the molecule is CC(C)Oc1ccc(Oc2ccc(C3(c4ccc(C(C)(C)F)cc4)SCCCS3)cc2)cc1. The fourth-order valence-electron chi connectivity index (χ4n) is 3.86. The summed E-state index contributed by atoms with van der Waals surface area (Å²) in [7, 11) is 0. The van der Waals surface area contributed by atoms with Crippen molar-refractivity contribution in [3.8, 4) is 17.2 Å². The van der Waals surface area contributed by atoms with Crippen LogP contribution in [0.25, 0.3) is 0 Å². The fourth-order valence-corrected chi connectivity index (χ4v) is 7.23.